The van der Waals surface area contributed by atoms with E-state index in [4.69, 9.17) is 5.73 Å². The van der Waals surface area contributed by atoms with Crippen LogP contribution in [0, 0.1) is 11.6 Å². The second-order valence-electron chi connectivity index (χ2n) is 3.68. The molecule has 0 aliphatic heterocycles. The van der Waals surface area contributed by atoms with Gasteiger partial charge in [-0.1, -0.05) is 6.07 Å². The molecule has 1 aromatic carbocycles. The van der Waals surface area contributed by atoms with Crippen LogP contribution < -0.4 is 11.1 Å². The van der Waals surface area contributed by atoms with Crippen LogP contribution in [0.2, 0.25) is 0 Å². The van der Waals surface area contributed by atoms with Gasteiger partial charge in [0, 0.05) is 11.6 Å². The molecule has 0 bridgehead atoms. The summed E-state index contributed by atoms with van der Waals surface area (Å²) in [6, 6.07) is 2.03. The number of halogens is 3. The molecule has 0 heterocycles. The Morgan fingerprint density at radius 1 is 1.35 bits per heavy atom. The van der Waals surface area contributed by atoms with E-state index >= 15 is 0 Å². The van der Waals surface area contributed by atoms with Crippen molar-refractivity contribution in [1.82, 2.24) is 5.32 Å². The van der Waals surface area contributed by atoms with Crippen LogP contribution in [0.4, 0.5) is 8.78 Å². The lowest BCUT2D eigenvalue weighted by molar-refractivity contribution is -0.122. The number of benzene rings is 1. The Balaban J connectivity index is 0.00000256. The summed E-state index contributed by atoms with van der Waals surface area (Å²) >= 11 is 0. The van der Waals surface area contributed by atoms with Gasteiger partial charge in [0.25, 0.3) is 0 Å². The molecule has 1 rings (SSSR count). The summed E-state index contributed by atoms with van der Waals surface area (Å²) in [5.74, 6) is -1.71. The monoisotopic (exact) mass is 264 g/mol. The summed E-state index contributed by atoms with van der Waals surface area (Å²) in [6.07, 6.45) is 0. The molecule has 0 spiro atoms. The van der Waals surface area contributed by atoms with Gasteiger partial charge < -0.3 is 11.1 Å². The molecule has 1 aromatic rings. The van der Waals surface area contributed by atoms with Gasteiger partial charge in [0.15, 0.2) is 0 Å². The second kappa shape index (κ2) is 6.51. The van der Waals surface area contributed by atoms with Crippen molar-refractivity contribution < 1.29 is 13.6 Å². The summed E-state index contributed by atoms with van der Waals surface area (Å²) in [5, 5.41) is 2.53. The molecule has 3 nitrogen and oxygen atoms in total. The Bertz CT molecular complexity index is 399. The van der Waals surface area contributed by atoms with Crippen LogP contribution in [0.1, 0.15) is 25.5 Å². The fourth-order valence-electron chi connectivity index (χ4n) is 1.28. The normalized spacial score (nSPS) is 13.5. The topological polar surface area (TPSA) is 55.1 Å². The van der Waals surface area contributed by atoms with E-state index in [2.05, 4.69) is 5.32 Å². The average Bonchev–Trinajstić information content (AvgIpc) is 2.16. The number of nitrogens with one attached hydrogen (secondary N) is 1. The Morgan fingerprint density at radius 2 is 1.94 bits per heavy atom. The van der Waals surface area contributed by atoms with Crippen molar-refractivity contribution in [3.8, 4) is 0 Å². The van der Waals surface area contributed by atoms with E-state index in [9.17, 15) is 13.6 Å². The maximum Gasteiger partial charge on any atom is 0.237 e. The van der Waals surface area contributed by atoms with E-state index < -0.39 is 23.7 Å². The van der Waals surface area contributed by atoms with E-state index in [-0.39, 0.29) is 23.9 Å². The van der Waals surface area contributed by atoms with Crippen LogP contribution >= 0.6 is 12.4 Å². The maximum absolute atomic E-state index is 13.3. The first-order chi connectivity index (χ1) is 7.41. The van der Waals surface area contributed by atoms with Crippen LogP contribution in [-0.4, -0.2) is 11.9 Å². The van der Waals surface area contributed by atoms with E-state index in [1.54, 1.807) is 6.92 Å². The molecule has 2 atom stereocenters. The van der Waals surface area contributed by atoms with Crippen LogP contribution in [-0.2, 0) is 4.79 Å². The molecule has 17 heavy (non-hydrogen) atoms. The van der Waals surface area contributed by atoms with E-state index in [1.165, 1.54) is 13.0 Å². The van der Waals surface area contributed by atoms with Crippen molar-refractivity contribution in [3.63, 3.8) is 0 Å². The van der Waals surface area contributed by atoms with Gasteiger partial charge in [-0.3, -0.25) is 4.79 Å². The highest BCUT2D eigenvalue weighted by atomic mass is 35.5. The number of amides is 1. The minimum Gasteiger partial charge on any atom is -0.348 e. The van der Waals surface area contributed by atoms with Crippen molar-refractivity contribution in [2.24, 2.45) is 5.73 Å². The molecule has 0 radical (unpaired) electrons. The zero-order chi connectivity index (χ0) is 12.3. The van der Waals surface area contributed by atoms with Gasteiger partial charge in [0.05, 0.1) is 12.1 Å². The van der Waals surface area contributed by atoms with Crippen molar-refractivity contribution in [3.05, 3.63) is 35.4 Å². The number of rotatable bonds is 3. The predicted molar refractivity (Wildman–Crippen MR) is 63.8 cm³/mol. The number of hydrogen-bond donors (Lipinski definition) is 2. The number of carbonyl (C=O) groups is 1. The van der Waals surface area contributed by atoms with Gasteiger partial charge in [-0.05, 0) is 19.9 Å². The van der Waals surface area contributed by atoms with Gasteiger partial charge in [0.2, 0.25) is 5.91 Å². The molecule has 3 N–H and O–H groups in total. The third-order valence-electron chi connectivity index (χ3n) is 2.20. The van der Waals surface area contributed by atoms with Gasteiger partial charge in [-0.15, -0.1) is 12.4 Å². The van der Waals surface area contributed by atoms with Crippen molar-refractivity contribution >= 4 is 18.3 Å². The highest BCUT2D eigenvalue weighted by Crippen LogP contribution is 2.17. The van der Waals surface area contributed by atoms with E-state index in [0.717, 1.165) is 12.1 Å². The third-order valence-corrected chi connectivity index (χ3v) is 2.20. The molecule has 0 saturated carbocycles. The van der Waals surface area contributed by atoms with Gasteiger partial charge in [-0.25, -0.2) is 8.78 Å². The molecule has 2 unspecified atom stereocenters. The molecular weight excluding hydrogens is 250 g/mol. The fourth-order valence-corrected chi connectivity index (χ4v) is 1.28. The summed E-state index contributed by atoms with van der Waals surface area (Å²) in [6.45, 7) is 3.14. The lowest BCUT2D eigenvalue weighted by atomic mass is 10.1. The van der Waals surface area contributed by atoms with Gasteiger partial charge >= 0.3 is 0 Å². The summed E-state index contributed by atoms with van der Waals surface area (Å²) in [5.41, 5.74) is 5.59. The first kappa shape index (κ1) is 15.8. The lowest BCUT2D eigenvalue weighted by Crippen LogP contribution is -2.39. The van der Waals surface area contributed by atoms with Crippen molar-refractivity contribution in [2.45, 2.75) is 25.9 Å². The van der Waals surface area contributed by atoms with Crippen LogP contribution in [0.5, 0.6) is 0 Å². The smallest absolute Gasteiger partial charge is 0.237 e. The molecule has 1 amide bonds. The van der Waals surface area contributed by atoms with Crippen molar-refractivity contribution in [2.75, 3.05) is 0 Å². The standard InChI is InChI=1S/C11H14F2N2O.ClH/c1-6(14)11(16)15-7(2)9-4-3-8(12)5-10(9)13;/h3-7H,14H2,1-2H3,(H,15,16);1H. The molecule has 0 saturated heterocycles. The third kappa shape index (κ3) is 4.28. The molecule has 96 valence electrons. The fraction of sp³-hybridized carbons (Fsp3) is 0.364. The van der Waals surface area contributed by atoms with Gasteiger partial charge in [-0.2, -0.15) is 0 Å². The number of hydrogen-bond acceptors (Lipinski definition) is 2. The predicted octanol–water partition coefficient (Wildman–Crippen LogP) is 1.91. The quantitative estimate of drug-likeness (QED) is 0.876. The second-order valence-corrected chi connectivity index (χ2v) is 3.68. The molecule has 0 aliphatic rings. The first-order valence-electron chi connectivity index (χ1n) is 4.92. The maximum atomic E-state index is 13.3. The average molecular weight is 265 g/mol. The van der Waals surface area contributed by atoms with Crippen LogP contribution in [0.25, 0.3) is 0 Å². The van der Waals surface area contributed by atoms with E-state index in [0.29, 0.717) is 0 Å². The largest absolute Gasteiger partial charge is 0.348 e. The lowest BCUT2D eigenvalue weighted by Gasteiger charge is -2.16. The molecule has 0 aliphatic carbocycles. The van der Waals surface area contributed by atoms with Gasteiger partial charge in [0.1, 0.15) is 11.6 Å². The molecule has 6 heteroatoms. The molecule has 0 aromatic heterocycles. The van der Waals surface area contributed by atoms with Crippen molar-refractivity contribution in [1.29, 1.82) is 0 Å². The Kier molecular flexibility index (Phi) is 6.05. The SMILES string of the molecule is CC(N)C(=O)NC(C)c1ccc(F)cc1F.Cl. The molecule has 0 fully saturated rings. The zero-order valence-corrected chi connectivity index (χ0v) is 10.4. The summed E-state index contributed by atoms with van der Waals surface area (Å²) in [7, 11) is 0. The highest BCUT2D eigenvalue weighted by Gasteiger charge is 2.15. The minimum atomic E-state index is -0.683. The zero-order valence-electron chi connectivity index (χ0n) is 9.54. The molecular formula is C11H15ClF2N2O. The van der Waals surface area contributed by atoms with Crippen LogP contribution in [0.15, 0.2) is 18.2 Å². The number of carbonyl (C=O) groups excluding carboxylic acids is 1. The Labute approximate surface area is 105 Å². The Morgan fingerprint density at radius 3 is 2.41 bits per heavy atom. The first-order valence-corrected chi connectivity index (χ1v) is 4.92. The summed E-state index contributed by atoms with van der Waals surface area (Å²) in [4.78, 5) is 11.3. The highest BCUT2D eigenvalue weighted by molar-refractivity contribution is 5.85. The minimum absolute atomic E-state index is 0. The van der Waals surface area contributed by atoms with E-state index in [1.807, 2.05) is 0 Å². The Hall–Kier alpha value is -1.20. The number of nitrogens with two attached hydrogens (primary N) is 1. The summed E-state index contributed by atoms with van der Waals surface area (Å²) < 4.78 is 26.0. The van der Waals surface area contributed by atoms with Crippen LogP contribution in [0.3, 0.4) is 0 Å².